The molecule has 0 amide bonds. The molecule has 112 valence electrons. The Morgan fingerprint density at radius 1 is 1.25 bits per heavy atom. The lowest BCUT2D eigenvalue weighted by Crippen LogP contribution is -2.41. The van der Waals surface area contributed by atoms with Crippen molar-refractivity contribution >= 4 is 13.1 Å². The van der Waals surface area contributed by atoms with Crippen LogP contribution in [-0.4, -0.2) is 30.9 Å². The highest BCUT2D eigenvalue weighted by Gasteiger charge is 2.55. The average Bonchev–Trinajstić information content (AvgIpc) is 3.04. The lowest BCUT2D eigenvalue weighted by molar-refractivity contribution is -0.147. The summed E-state index contributed by atoms with van der Waals surface area (Å²) in [6, 6.07) is 0. The summed E-state index contributed by atoms with van der Waals surface area (Å²) in [4.78, 5) is 11.8. The number of carbonyl (C=O) groups excluding carboxylic acids is 1. The zero-order valence-corrected chi connectivity index (χ0v) is 12.8. The van der Waals surface area contributed by atoms with E-state index in [1.807, 2.05) is 27.7 Å². The molecule has 0 atom stereocenters. The van der Waals surface area contributed by atoms with Crippen molar-refractivity contribution in [3.8, 4) is 0 Å². The van der Waals surface area contributed by atoms with Crippen LogP contribution in [0.5, 0.6) is 0 Å². The Hall–Kier alpha value is -0.875. The summed E-state index contributed by atoms with van der Waals surface area (Å²) < 4.78 is 30.6. The SMILES string of the molecule is CCOC(=O)C1(C=C(F)B2OC(C)(C)C(C)(C)O2)CC1. The van der Waals surface area contributed by atoms with Gasteiger partial charge in [-0.1, -0.05) is 0 Å². The van der Waals surface area contributed by atoms with Crippen LogP contribution in [0.4, 0.5) is 4.39 Å². The summed E-state index contributed by atoms with van der Waals surface area (Å²) in [5, 5.41) is 0. The van der Waals surface area contributed by atoms with Crippen LogP contribution in [0, 0.1) is 5.41 Å². The molecule has 2 aliphatic rings. The normalized spacial score (nSPS) is 26.5. The van der Waals surface area contributed by atoms with Crippen LogP contribution in [0.2, 0.25) is 0 Å². The van der Waals surface area contributed by atoms with Crippen molar-refractivity contribution < 1.29 is 23.2 Å². The number of carbonyl (C=O) groups is 1. The first-order chi connectivity index (χ1) is 9.13. The molecule has 0 radical (unpaired) electrons. The monoisotopic (exact) mass is 284 g/mol. The molecule has 1 aliphatic heterocycles. The molecule has 1 aliphatic carbocycles. The van der Waals surface area contributed by atoms with E-state index < -0.39 is 29.5 Å². The molecule has 4 nitrogen and oxygen atoms in total. The summed E-state index contributed by atoms with van der Waals surface area (Å²) in [6.45, 7) is 9.48. The van der Waals surface area contributed by atoms with E-state index >= 15 is 0 Å². The number of hydrogen-bond acceptors (Lipinski definition) is 4. The molecule has 1 saturated heterocycles. The molecule has 0 bridgehead atoms. The maximum atomic E-state index is 14.3. The van der Waals surface area contributed by atoms with Crippen molar-refractivity contribution in [3.63, 3.8) is 0 Å². The molecule has 0 spiro atoms. The minimum atomic E-state index is -1.05. The van der Waals surface area contributed by atoms with Gasteiger partial charge in [-0.3, -0.25) is 4.79 Å². The maximum Gasteiger partial charge on any atom is 0.524 e. The molecule has 0 N–H and O–H groups in total. The fraction of sp³-hybridized carbons (Fsp3) is 0.786. The Labute approximate surface area is 119 Å². The maximum absolute atomic E-state index is 14.3. The van der Waals surface area contributed by atoms with Gasteiger partial charge in [-0.05, 0) is 53.5 Å². The van der Waals surface area contributed by atoms with Crippen LogP contribution in [0.3, 0.4) is 0 Å². The van der Waals surface area contributed by atoms with Gasteiger partial charge in [0.25, 0.3) is 0 Å². The molecule has 0 aromatic heterocycles. The number of esters is 1. The predicted molar refractivity (Wildman–Crippen MR) is 73.6 cm³/mol. The van der Waals surface area contributed by atoms with Crippen molar-refractivity contribution in [1.82, 2.24) is 0 Å². The standard InChI is InChI=1S/C14H22BFO4/c1-6-18-11(17)14(7-8-14)9-10(16)15-19-12(2,3)13(4,5)20-15/h9H,6-8H2,1-5H3. The highest BCUT2D eigenvalue weighted by atomic mass is 19.1. The molecule has 6 heteroatoms. The van der Waals surface area contributed by atoms with Crippen molar-refractivity contribution in [1.29, 1.82) is 0 Å². The second-order valence-corrected chi connectivity index (χ2v) is 6.49. The van der Waals surface area contributed by atoms with Crippen molar-refractivity contribution in [3.05, 3.63) is 11.8 Å². The van der Waals surface area contributed by atoms with Gasteiger partial charge in [0.1, 0.15) is 5.73 Å². The molecular formula is C14H22BFO4. The van der Waals surface area contributed by atoms with Gasteiger partial charge in [0.15, 0.2) is 0 Å². The van der Waals surface area contributed by atoms with Crippen LogP contribution in [0.25, 0.3) is 0 Å². The van der Waals surface area contributed by atoms with Crippen LogP contribution in [-0.2, 0) is 18.8 Å². The van der Waals surface area contributed by atoms with Crippen LogP contribution < -0.4 is 0 Å². The van der Waals surface area contributed by atoms with Crippen molar-refractivity contribution in [2.75, 3.05) is 6.61 Å². The van der Waals surface area contributed by atoms with E-state index in [9.17, 15) is 9.18 Å². The number of hydrogen-bond donors (Lipinski definition) is 0. The van der Waals surface area contributed by atoms with Gasteiger partial charge in [0.05, 0.1) is 23.2 Å². The van der Waals surface area contributed by atoms with Gasteiger partial charge >= 0.3 is 13.1 Å². The van der Waals surface area contributed by atoms with E-state index in [2.05, 4.69) is 0 Å². The molecule has 1 saturated carbocycles. The van der Waals surface area contributed by atoms with Gasteiger partial charge in [0, 0.05) is 0 Å². The van der Waals surface area contributed by atoms with Gasteiger partial charge in [-0.2, -0.15) is 0 Å². The van der Waals surface area contributed by atoms with E-state index in [4.69, 9.17) is 14.0 Å². The zero-order chi connectivity index (χ0) is 15.2. The molecule has 2 fully saturated rings. The lowest BCUT2D eigenvalue weighted by Gasteiger charge is -2.32. The zero-order valence-electron chi connectivity index (χ0n) is 12.8. The topological polar surface area (TPSA) is 44.8 Å². The summed E-state index contributed by atoms with van der Waals surface area (Å²) in [7, 11) is -1.05. The Bertz CT molecular complexity index is 424. The van der Waals surface area contributed by atoms with E-state index in [0.29, 0.717) is 19.4 Å². The molecule has 1 heterocycles. The van der Waals surface area contributed by atoms with E-state index in [-0.39, 0.29) is 5.97 Å². The van der Waals surface area contributed by atoms with E-state index in [1.54, 1.807) is 6.92 Å². The summed E-state index contributed by atoms with van der Waals surface area (Å²) in [6.07, 6.45) is 2.53. The number of ether oxygens (including phenoxy) is 1. The van der Waals surface area contributed by atoms with E-state index in [1.165, 1.54) is 6.08 Å². The molecule has 0 aromatic rings. The van der Waals surface area contributed by atoms with Crippen LogP contribution >= 0.6 is 0 Å². The smallest absolute Gasteiger partial charge is 0.465 e. The van der Waals surface area contributed by atoms with Gasteiger partial charge in [-0.15, -0.1) is 0 Å². The minimum Gasteiger partial charge on any atom is -0.465 e. The summed E-state index contributed by atoms with van der Waals surface area (Å²) in [5.74, 6) is -0.369. The number of rotatable bonds is 4. The van der Waals surface area contributed by atoms with Crippen LogP contribution in [0.15, 0.2) is 11.8 Å². The second-order valence-electron chi connectivity index (χ2n) is 6.49. The minimum absolute atomic E-state index is 0.298. The summed E-state index contributed by atoms with van der Waals surface area (Å²) >= 11 is 0. The largest absolute Gasteiger partial charge is 0.524 e. The first-order valence-corrected chi connectivity index (χ1v) is 7.05. The quantitative estimate of drug-likeness (QED) is 0.588. The molecule has 20 heavy (non-hydrogen) atoms. The van der Waals surface area contributed by atoms with Crippen molar-refractivity contribution in [2.45, 2.75) is 58.7 Å². The molecule has 2 rings (SSSR count). The van der Waals surface area contributed by atoms with E-state index in [0.717, 1.165) is 0 Å². The molecule has 0 unspecified atom stereocenters. The second kappa shape index (κ2) is 4.84. The Morgan fingerprint density at radius 2 is 1.75 bits per heavy atom. The fourth-order valence-corrected chi connectivity index (χ4v) is 2.10. The van der Waals surface area contributed by atoms with Gasteiger partial charge in [-0.25, -0.2) is 4.39 Å². The highest BCUT2D eigenvalue weighted by molar-refractivity contribution is 6.53. The highest BCUT2D eigenvalue weighted by Crippen LogP contribution is 2.50. The Kier molecular flexibility index (Phi) is 3.76. The van der Waals surface area contributed by atoms with Gasteiger partial charge in [0.2, 0.25) is 0 Å². The Balaban J connectivity index is 2.11. The Morgan fingerprint density at radius 3 is 2.15 bits per heavy atom. The number of halogens is 1. The third-order valence-corrected chi connectivity index (χ3v) is 4.36. The first kappa shape index (κ1) is 15.5. The molecular weight excluding hydrogens is 262 g/mol. The summed E-state index contributed by atoms with van der Waals surface area (Å²) in [5.41, 5.74) is -2.55. The fourth-order valence-electron chi connectivity index (χ4n) is 2.10. The lowest BCUT2D eigenvalue weighted by atomic mass is 9.85. The average molecular weight is 284 g/mol. The predicted octanol–water partition coefficient (Wildman–Crippen LogP) is 2.81. The first-order valence-electron chi connectivity index (χ1n) is 7.05. The third-order valence-electron chi connectivity index (χ3n) is 4.36. The molecule has 0 aromatic carbocycles. The third kappa shape index (κ3) is 2.63. The van der Waals surface area contributed by atoms with Crippen LogP contribution in [0.1, 0.15) is 47.5 Å². The van der Waals surface area contributed by atoms with Gasteiger partial charge < -0.3 is 14.0 Å². The van der Waals surface area contributed by atoms with Crippen molar-refractivity contribution in [2.24, 2.45) is 5.41 Å².